The van der Waals surface area contributed by atoms with Gasteiger partial charge < -0.3 is 10.1 Å². The molecule has 1 heterocycles. The average Bonchev–Trinajstić information content (AvgIpc) is 2.83. The van der Waals surface area contributed by atoms with Gasteiger partial charge in [0.2, 0.25) is 5.13 Å². The molecular weight excluding hydrogens is 310 g/mol. The Morgan fingerprint density at radius 1 is 1.47 bits per heavy atom. The second kappa shape index (κ2) is 7.43. The molecule has 10 heteroatoms. The first-order chi connectivity index (χ1) is 9.29. The van der Waals surface area contributed by atoms with E-state index in [2.05, 4.69) is 24.9 Å². The van der Waals surface area contributed by atoms with Crippen LogP contribution < -0.4 is 10.1 Å². The number of benzene rings is 1. The first kappa shape index (κ1) is 14.2. The van der Waals surface area contributed by atoms with E-state index in [0.29, 0.717) is 19.7 Å². The Kier molecular flexibility index (Phi) is 5.57. The van der Waals surface area contributed by atoms with Crippen molar-refractivity contribution in [1.29, 1.82) is 0 Å². The van der Waals surface area contributed by atoms with E-state index < -0.39 is 0 Å². The molecule has 0 aliphatic carbocycles. The molecule has 0 amide bonds. The summed E-state index contributed by atoms with van der Waals surface area (Å²) < 4.78 is 10.5. The number of aromatic nitrogens is 2. The fourth-order valence-electron chi connectivity index (χ4n) is 1.17. The number of hydrogen-bond donors (Lipinski definition) is 3. The molecule has 102 valence electrons. The van der Waals surface area contributed by atoms with E-state index in [-0.39, 0.29) is 6.73 Å². The number of nitrogens with zero attached hydrogens (tertiary/aromatic N) is 1. The summed E-state index contributed by atoms with van der Waals surface area (Å²) in [4.78, 5) is 0.660. The largest absolute Gasteiger partial charge is 0.472 e. The maximum absolute atomic E-state index is 8.13. The Hall–Kier alpha value is -1.17. The first-order valence-corrected chi connectivity index (χ1v) is 6.92. The van der Waals surface area contributed by atoms with E-state index in [0.717, 1.165) is 12.0 Å². The summed E-state index contributed by atoms with van der Waals surface area (Å²) in [7, 11) is 0. The van der Waals surface area contributed by atoms with Gasteiger partial charge in [0.05, 0.1) is 16.9 Å². The lowest BCUT2D eigenvalue weighted by atomic mass is 10.3. The number of aromatic amines is 1. The van der Waals surface area contributed by atoms with Crippen LogP contribution in [0.15, 0.2) is 29.2 Å². The standard InChI is InChI=1S/C9H9N3O4S3/c13-15-16-19-7-4-2-1-3-6(7)14-5-10-8-11-12-9(17)18-8/h1-4,13H,5H2,(H,10,11)(H,12,17). The van der Waals surface area contributed by atoms with Gasteiger partial charge in [0, 0.05) is 0 Å². The van der Waals surface area contributed by atoms with Crippen molar-refractivity contribution in [2.75, 3.05) is 12.0 Å². The van der Waals surface area contributed by atoms with Crippen molar-refractivity contribution in [3.63, 3.8) is 0 Å². The number of ether oxygens (including phenoxy) is 1. The summed E-state index contributed by atoms with van der Waals surface area (Å²) in [6.07, 6.45) is 0. The van der Waals surface area contributed by atoms with E-state index in [1.807, 2.05) is 12.1 Å². The maximum atomic E-state index is 8.13. The minimum atomic E-state index is 0.216. The fourth-order valence-corrected chi connectivity index (χ4v) is 2.39. The van der Waals surface area contributed by atoms with Crippen molar-refractivity contribution in [3.05, 3.63) is 28.2 Å². The molecule has 0 saturated carbocycles. The molecule has 7 nitrogen and oxygen atoms in total. The van der Waals surface area contributed by atoms with Gasteiger partial charge in [-0.25, -0.2) is 5.26 Å². The predicted molar refractivity (Wildman–Crippen MR) is 73.5 cm³/mol. The lowest BCUT2D eigenvalue weighted by Crippen LogP contribution is -2.09. The molecule has 0 unspecified atom stereocenters. The molecule has 0 radical (unpaired) electrons. The average molecular weight is 319 g/mol. The zero-order valence-corrected chi connectivity index (χ0v) is 11.8. The molecule has 0 saturated heterocycles. The molecule has 0 bridgehead atoms. The van der Waals surface area contributed by atoms with Crippen molar-refractivity contribution in [2.24, 2.45) is 0 Å². The van der Waals surface area contributed by atoms with E-state index in [1.54, 1.807) is 12.1 Å². The van der Waals surface area contributed by atoms with Gasteiger partial charge >= 0.3 is 0 Å². The minimum absolute atomic E-state index is 0.216. The Morgan fingerprint density at radius 2 is 2.32 bits per heavy atom. The summed E-state index contributed by atoms with van der Waals surface area (Å²) in [5, 5.41) is 21.9. The van der Waals surface area contributed by atoms with Crippen LogP contribution in [0.2, 0.25) is 0 Å². The van der Waals surface area contributed by atoms with Gasteiger partial charge in [-0.3, -0.25) is 5.10 Å². The lowest BCUT2D eigenvalue weighted by molar-refractivity contribution is -0.432. The second-order valence-corrected chi connectivity index (χ2v) is 5.46. The Morgan fingerprint density at radius 3 is 3.05 bits per heavy atom. The van der Waals surface area contributed by atoms with Crippen LogP contribution in [0.4, 0.5) is 5.13 Å². The zero-order valence-electron chi connectivity index (χ0n) is 9.36. The van der Waals surface area contributed by atoms with Crippen LogP contribution in [0.1, 0.15) is 0 Å². The van der Waals surface area contributed by atoms with E-state index in [9.17, 15) is 0 Å². The Labute approximate surface area is 121 Å². The molecule has 2 aromatic rings. The molecular formula is C9H9N3O4S3. The third-order valence-corrected chi connectivity index (χ3v) is 3.59. The summed E-state index contributed by atoms with van der Waals surface area (Å²) in [5.74, 6) is 0.580. The molecule has 2 rings (SSSR count). The second-order valence-electron chi connectivity index (χ2n) is 3.06. The maximum Gasteiger partial charge on any atom is 0.206 e. The van der Waals surface area contributed by atoms with Crippen molar-refractivity contribution < 1.29 is 19.4 Å². The molecule has 0 fully saturated rings. The highest BCUT2D eigenvalue weighted by atomic mass is 32.2. The van der Waals surface area contributed by atoms with Crippen LogP contribution in [0.25, 0.3) is 0 Å². The van der Waals surface area contributed by atoms with E-state index in [4.69, 9.17) is 22.2 Å². The topological polar surface area (TPSA) is 88.6 Å². The van der Waals surface area contributed by atoms with Gasteiger partial charge in [0.1, 0.15) is 5.75 Å². The summed E-state index contributed by atoms with van der Waals surface area (Å²) in [5.41, 5.74) is 0. The first-order valence-electron chi connectivity index (χ1n) is 4.95. The summed E-state index contributed by atoms with van der Waals surface area (Å²) >= 11 is 7.06. The summed E-state index contributed by atoms with van der Waals surface area (Å²) in [6, 6.07) is 7.15. The monoisotopic (exact) mass is 319 g/mol. The molecule has 19 heavy (non-hydrogen) atoms. The Bertz CT molecular complexity index is 574. The molecule has 3 N–H and O–H groups in total. The van der Waals surface area contributed by atoms with Crippen molar-refractivity contribution >= 4 is 40.7 Å². The zero-order chi connectivity index (χ0) is 13.5. The van der Waals surface area contributed by atoms with Gasteiger partial charge in [-0.1, -0.05) is 28.5 Å². The van der Waals surface area contributed by atoms with Crippen LogP contribution in [-0.2, 0) is 9.37 Å². The normalized spacial score (nSPS) is 10.4. The number of anilines is 1. The number of hydrogen-bond acceptors (Lipinski definition) is 9. The minimum Gasteiger partial charge on any atom is -0.472 e. The number of nitrogens with one attached hydrogen (secondary N) is 2. The van der Waals surface area contributed by atoms with Gasteiger partial charge in [0.15, 0.2) is 10.7 Å². The molecule has 0 aliphatic heterocycles. The van der Waals surface area contributed by atoms with Crippen molar-refractivity contribution in [2.45, 2.75) is 4.90 Å². The third kappa shape index (κ3) is 4.45. The highest BCUT2D eigenvalue weighted by molar-refractivity contribution is 7.94. The van der Waals surface area contributed by atoms with Crippen LogP contribution in [0.5, 0.6) is 5.75 Å². The van der Waals surface area contributed by atoms with E-state index >= 15 is 0 Å². The molecule has 1 aromatic heterocycles. The lowest BCUT2D eigenvalue weighted by Gasteiger charge is -2.09. The Balaban J connectivity index is 1.89. The van der Waals surface area contributed by atoms with Crippen LogP contribution in [0, 0.1) is 3.95 Å². The van der Waals surface area contributed by atoms with Crippen LogP contribution in [0.3, 0.4) is 0 Å². The quantitative estimate of drug-likeness (QED) is 0.236. The molecule has 1 aromatic carbocycles. The molecule has 0 aliphatic rings. The van der Waals surface area contributed by atoms with Gasteiger partial charge in [-0.05, 0) is 24.4 Å². The SMILES string of the molecule is OOOSc1ccccc1OCNc1n[nH]c(=S)s1. The van der Waals surface area contributed by atoms with Gasteiger partial charge in [0.25, 0.3) is 0 Å². The van der Waals surface area contributed by atoms with Gasteiger partial charge in [-0.2, -0.15) is 0 Å². The third-order valence-electron chi connectivity index (χ3n) is 1.89. The van der Waals surface area contributed by atoms with Crippen LogP contribution in [-0.4, -0.2) is 22.2 Å². The highest BCUT2D eigenvalue weighted by Crippen LogP contribution is 2.29. The van der Waals surface area contributed by atoms with Gasteiger partial charge in [-0.15, -0.1) is 9.43 Å². The fraction of sp³-hybridized carbons (Fsp3) is 0.111. The van der Waals surface area contributed by atoms with Crippen molar-refractivity contribution in [1.82, 2.24) is 10.2 Å². The predicted octanol–water partition coefficient (Wildman–Crippen LogP) is 3.08. The van der Waals surface area contributed by atoms with Crippen molar-refractivity contribution in [3.8, 4) is 5.75 Å². The van der Waals surface area contributed by atoms with E-state index in [1.165, 1.54) is 11.3 Å². The number of H-pyrrole nitrogens is 1. The number of para-hydroxylation sites is 1. The molecule has 0 atom stereocenters. The summed E-state index contributed by atoms with van der Waals surface area (Å²) in [6.45, 7) is 0.216. The smallest absolute Gasteiger partial charge is 0.206 e. The van der Waals surface area contributed by atoms with Crippen LogP contribution >= 0.6 is 35.6 Å². The number of rotatable bonds is 7. The highest BCUT2D eigenvalue weighted by Gasteiger charge is 2.05. The molecule has 0 spiro atoms.